The Hall–Kier alpha value is -1.28. The molecule has 0 fully saturated rings. The first-order valence-corrected chi connectivity index (χ1v) is 33.4. The normalized spacial score (nSPS) is 14.0. The van der Waals surface area contributed by atoms with Crippen LogP contribution in [0, 0.1) is 0 Å². The summed E-state index contributed by atoms with van der Waals surface area (Å²) in [5.41, 5.74) is 0. The molecule has 0 aromatic carbocycles. The molecule has 0 bridgehead atoms. The molecule has 0 saturated heterocycles. The first-order chi connectivity index (χ1) is 35.5. The van der Waals surface area contributed by atoms with Gasteiger partial charge in [0, 0.05) is 6.42 Å². The molecule has 73 heavy (non-hydrogen) atoms. The molecule has 0 radical (unpaired) electrons. The zero-order valence-electron chi connectivity index (χ0n) is 49.4. The lowest BCUT2D eigenvalue weighted by atomic mass is 10.0. The number of amides is 1. The van der Waals surface area contributed by atoms with Gasteiger partial charge in [-0.05, 0) is 51.4 Å². The summed E-state index contributed by atoms with van der Waals surface area (Å²) >= 11 is 0. The van der Waals surface area contributed by atoms with Crippen LogP contribution in [-0.2, 0) is 18.4 Å². The number of carbonyl (C=O) groups excluding carboxylic acids is 1. The van der Waals surface area contributed by atoms with Gasteiger partial charge in [0.25, 0.3) is 0 Å². The van der Waals surface area contributed by atoms with Crippen molar-refractivity contribution in [2.24, 2.45) is 0 Å². The average molecular weight is 1050 g/mol. The van der Waals surface area contributed by atoms with Crippen LogP contribution in [0.2, 0.25) is 0 Å². The summed E-state index contributed by atoms with van der Waals surface area (Å²) in [6.07, 6.45) is 73.1. The molecule has 8 nitrogen and oxygen atoms in total. The van der Waals surface area contributed by atoms with Crippen molar-refractivity contribution >= 4 is 13.7 Å². The predicted octanol–water partition coefficient (Wildman–Crippen LogP) is 19.7. The summed E-state index contributed by atoms with van der Waals surface area (Å²) in [5.74, 6) is -0.173. The lowest BCUT2D eigenvalue weighted by molar-refractivity contribution is -0.870. The van der Waals surface area contributed by atoms with Gasteiger partial charge in [-0.25, -0.2) is 4.57 Å². The van der Waals surface area contributed by atoms with Crippen molar-refractivity contribution in [3.05, 3.63) is 36.5 Å². The number of quaternary nitrogens is 1. The third-order valence-electron chi connectivity index (χ3n) is 14.6. The topological polar surface area (TPSA) is 105 Å². The molecule has 9 heteroatoms. The summed E-state index contributed by atoms with van der Waals surface area (Å²) < 4.78 is 23.6. The summed E-state index contributed by atoms with van der Waals surface area (Å²) in [5, 5.41) is 13.9. The number of likely N-dealkylation sites (N-methyl/N-ethyl adjacent to an activating group) is 1. The highest BCUT2D eigenvalue weighted by molar-refractivity contribution is 7.47. The number of carbonyl (C=O) groups is 1. The highest BCUT2D eigenvalue weighted by Gasteiger charge is 2.28. The van der Waals surface area contributed by atoms with Crippen LogP contribution in [0.4, 0.5) is 0 Å². The SMILES string of the molecule is CCCCCCC/C=C\C/C=C\CCCCCCCCCCCCCCCCCCCCCCCCCCCCCCCC(=O)NC(COP(=O)(O)OCC[N+](C)(C)C)C(O)/C=C/CCCCCCCCCC. The van der Waals surface area contributed by atoms with E-state index in [-0.39, 0.29) is 19.1 Å². The number of rotatable bonds is 59. The van der Waals surface area contributed by atoms with Crippen molar-refractivity contribution in [3.8, 4) is 0 Å². The molecule has 3 atom stereocenters. The standard InChI is InChI=1S/C64H125N2O6P/c1-6-8-10-12-14-16-18-19-20-21-22-23-24-25-26-27-28-29-30-31-32-33-34-35-36-37-38-39-40-41-42-43-44-45-46-47-48-50-52-54-56-58-64(68)65-62(61-72-73(69,70)71-60-59-66(3,4)5)63(67)57-55-53-51-49-17-15-13-11-9-7-2/h18-19,21-22,55,57,62-63,67H,6-17,20,23-54,56,58-61H2,1-5H3,(H-,65,68,69,70)/p+1/b19-18-,22-21-,57-55+. The molecule has 0 aromatic heterocycles. The van der Waals surface area contributed by atoms with Crippen LogP contribution in [0.5, 0.6) is 0 Å². The number of aliphatic hydroxyl groups is 1. The Morgan fingerprint density at radius 2 is 0.781 bits per heavy atom. The molecular formula is C64H126N2O6P+. The van der Waals surface area contributed by atoms with Crippen LogP contribution >= 0.6 is 7.82 Å². The summed E-state index contributed by atoms with van der Waals surface area (Å²) in [4.78, 5) is 23.2. The van der Waals surface area contributed by atoms with Crippen LogP contribution in [0.25, 0.3) is 0 Å². The molecule has 3 N–H and O–H groups in total. The summed E-state index contributed by atoms with van der Waals surface area (Å²) in [6.45, 7) is 4.81. The number of phosphoric ester groups is 1. The fourth-order valence-corrected chi connectivity index (χ4v) is 10.3. The predicted molar refractivity (Wildman–Crippen MR) is 318 cm³/mol. The second-order valence-corrected chi connectivity index (χ2v) is 24.6. The van der Waals surface area contributed by atoms with Crippen LogP contribution in [0.15, 0.2) is 36.5 Å². The van der Waals surface area contributed by atoms with Gasteiger partial charge in [0.2, 0.25) is 5.91 Å². The lowest BCUT2D eigenvalue weighted by Crippen LogP contribution is -2.45. The van der Waals surface area contributed by atoms with Crippen molar-refractivity contribution in [2.45, 2.75) is 328 Å². The molecule has 3 unspecified atom stereocenters. The number of hydrogen-bond donors (Lipinski definition) is 3. The number of hydrogen-bond acceptors (Lipinski definition) is 5. The van der Waals surface area contributed by atoms with Crippen molar-refractivity contribution in [3.63, 3.8) is 0 Å². The van der Waals surface area contributed by atoms with Crippen LogP contribution in [0.3, 0.4) is 0 Å². The van der Waals surface area contributed by atoms with Gasteiger partial charge in [-0.3, -0.25) is 13.8 Å². The second-order valence-electron chi connectivity index (χ2n) is 23.1. The first kappa shape index (κ1) is 71.7. The minimum absolute atomic E-state index is 0.0635. The second kappa shape index (κ2) is 55.5. The van der Waals surface area contributed by atoms with E-state index in [2.05, 4.69) is 43.5 Å². The van der Waals surface area contributed by atoms with Crippen molar-refractivity contribution in [1.29, 1.82) is 0 Å². The molecule has 0 aliphatic rings. The number of aliphatic hydroxyl groups excluding tert-OH is 1. The fraction of sp³-hybridized carbons (Fsp3) is 0.891. The molecule has 0 spiro atoms. The Morgan fingerprint density at radius 1 is 0.466 bits per heavy atom. The van der Waals surface area contributed by atoms with E-state index in [4.69, 9.17) is 9.05 Å². The van der Waals surface area contributed by atoms with Gasteiger partial charge in [0.1, 0.15) is 13.2 Å². The zero-order chi connectivity index (χ0) is 53.5. The number of phosphoric acid groups is 1. The van der Waals surface area contributed by atoms with E-state index in [9.17, 15) is 19.4 Å². The van der Waals surface area contributed by atoms with Crippen LogP contribution < -0.4 is 5.32 Å². The number of unbranched alkanes of at least 4 members (excludes halogenated alkanes) is 42. The minimum atomic E-state index is -4.34. The quantitative estimate of drug-likeness (QED) is 0.0243. The van der Waals surface area contributed by atoms with Gasteiger partial charge in [-0.15, -0.1) is 0 Å². The minimum Gasteiger partial charge on any atom is -0.387 e. The Kier molecular flexibility index (Phi) is 54.5. The van der Waals surface area contributed by atoms with Crippen LogP contribution in [0.1, 0.15) is 316 Å². The van der Waals surface area contributed by atoms with E-state index in [0.717, 1.165) is 44.9 Å². The maximum Gasteiger partial charge on any atom is 0.472 e. The average Bonchev–Trinajstić information content (AvgIpc) is 3.35. The van der Waals surface area contributed by atoms with Crippen molar-refractivity contribution in [2.75, 3.05) is 40.9 Å². The van der Waals surface area contributed by atoms with E-state index in [0.29, 0.717) is 17.4 Å². The third kappa shape index (κ3) is 58.2. The molecule has 0 rings (SSSR count). The van der Waals surface area contributed by atoms with Crippen molar-refractivity contribution in [1.82, 2.24) is 5.32 Å². The summed E-state index contributed by atoms with van der Waals surface area (Å²) in [6, 6.07) is -0.842. The highest BCUT2D eigenvalue weighted by Crippen LogP contribution is 2.43. The monoisotopic (exact) mass is 1050 g/mol. The number of nitrogens with one attached hydrogen (secondary N) is 1. The van der Waals surface area contributed by atoms with Gasteiger partial charge < -0.3 is 19.8 Å². The number of nitrogens with zero attached hydrogens (tertiary/aromatic N) is 1. The molecule has 1 amide bonds. The smallest absolute Gasteiger partial charge is 0.387 e. The largest absolute Gasteiger partial charge is 0.472 e. The van der Waals surface area contributed by atoms with E-state index in [1.165, 1.54) is 250 Å². The van der Waals surface area contributed by atoms with Gasteiger partial charge in [0.05, 0.1) is 39.9 Å². The van der Waals surface area contributed by atoms with Gasteiger partial charge >= 0.3 is 7.82 Å². The highest BCUT2D eigenvalue weighted by atomic mass is 31.2. The van der Waals surface area contributed by atoms with Gasteiger partial charge in [-0.2, -0.15) is 0 Å². The molecule has 0 heterocycles. The molecule has 0 aliphatic carbocycles. The molecule has 0 aliphatic heterocycles. The van der Waals surface area contributed by atoms with E-state index in [1.807, 2.05) is 27.2 Å². The van der Waals surface area contributed by atoms with Crippen molar-refractivity contribution < 1.29 is 32.9 Å². The Bertz CT molecular complexity index is 1280. The third-order valence-corrected chi connectivity index (χ3v) is 15.6. The van der Waals surface area contributed by atoms with Gasteiger partial charge in [-0.1, -0.05) is 294 Å². The maximum atomic E-state index is 12.9. The Balaban J connectivity index is 3.76. The first-order valence-electron chi connectivity index (χ1n) is 31.9. The fourth-order valence-electron chi connectivity index (χ4n) is 9.61. The molecule has 0 aromatic rings. The Morgan fingerprint density at radius 3 is 1.12 bits per heavy atom. The number of allylic oxidation sites excluding steroid dienone is 5. The summed E-state index contributed by atoms with van der Waals surface area (Å²) in [7, 11) is 1.58. The Labute approximate surface area is 455 Å². The lowest BCUT2D eigenvalue weighted by Gasteiger charge is -2.25. The molecular weight excluding hydrogens is 924 g/mol. The van der Waals surface area contributed by atoms with Crippen LogP contribution in [-0.4, -0.2) is 73.4 Å². The van der Waals surface area contributed by atoms with E-state index >= 15 is 0 Å². The maximum absolute atomic E-state index is 12.9. The van der Waals surface area contributed by atoms with E-state index in [1.54, 1.807) is 6.08 Å². The molecule has 432 valence electrons. The zero-order valence-corrected chi connectivity index (χ0v) is 50.3. The van der Waals surface area contributed by atoms with E-state index < -0.39 is 20.0 Å². The molecule has 0 saturated carbocycles. The van der Waals surface area contributed by atoms with Gasteiger partial charge in [0.15, 0.2) is 0 Å².